The van der Waals surface area contributed by atoms with Crippen molar-refractivity contribution in [2.24, 2.45) is 0 Å². The molecule has 5 rings (SSSR count). The van der Waals surface area contributed by atoms with Gasteiger partial charge in [-0.2, -0.15) is 5.21 Å². The fourth-order valence-electron chi connectivity index (χ4n) is 4.20. The van der Waals surface area contributed by atoms with E-state index in [1.807, 2.05) is 12.3 Å². The van der Waals surface area contributed by atoms with Gasteiger partial charge in [-0.05, 0) is 73.4 Å². The van der Waals surface area contributed by atoms with Crippen molar-refractivity contribution in [3.8, 4) is 17.2 Å². The van der Waals surface area contributed by atoms with Crippen molar-refractivity contribution in [1.82, 2.24) is 39.7 Å². The van der Waals surface area contributed by atoms with Crippen LogP contribution in [0, 0.1) is 20.8 Å². The lowest BCUT2D eigenvalue weighted by Gasteiger charge is -2.12. The predicted molar refractivity (Wildman–Crippen MR) is 124 cm³/mol. The highest BCUT2D eigenvalue weighted by Crippen LogP contribution is 2.27. The van der Waals surface area contributed by atoms with Crippen molar-refractivity contribution in [2.75, 3.05) is 0 Å². The number of rotatable bonds is 6. The molecule has 0 amide bonds. The van der Waals surface area contributed by atoms with Gasteiger partial charge in [0.25, 0.3) is 0 Å². The van der Waals surface area contributed by atoms with Crippen LogP contribution < -0.4 is 0 Å². The first-order chi connectivity index (χ1) is 15.6. The lowest BCUT2D eigenvalue weighted by molar-refractivity contribution is 0.716. The zero-order valence-corrected chi connectivity index (χ0v) is 18.8. The highest BCUT2D eigenvalue weighted by atomic mass is 15.5. The second kappa shape index (κ2) is 8.03. The molecular formula is C24H26N8. The molecule has 162 valence electrons. The Kier molecular flexibility index (Phi) is 5.05. The van der Waals surface area contributed by atoms with E-state index in [2.05, 4.69) is 92.8 Å². The number of hydrogen-bond donors (Lipinski definition) is 1. The molecule has 4 heterocycles. The average Bonchev–Trinajstić information content (AvgIpc) is 3.50. The van der Waals surface area contributed by atoms with Crippen LogP contribution in [0.3, 0.4) is 0 Å². The van der Waals surface area contributed by atoms with Crippen molar-refractivity contribution in [3.05, 3.63) is 70.8 Å². The summed E-state index contributed by atoms with van der Waals surface area (Å²) in [4.78, 5) is 9.53. The first-order valence-corrected chi connectivity index (χ1v) is 10.9. The van der Waals surface area contributed by atoms with Crippen LogP contribution in [-0.4, -0.2) is 39.7 Å². The van der Waals surface area contributed by atoms with Gasteiger partial charge in [-0.1, -0.05) is 19.1 Å². The zero-order chi connectivity index (χ0) is 22.2. The highest BCUT2D eigenvalue weighted by molar-refractivity contribution is 5.75. The molecule has 32 heavy (non-hydrogen) atoms. The maximum atomic E-state index is 4.89. The van der Waals surface area contributed by atoms with Crippen LogP contribution in [0.5, 0.6) is 0 Å². The number of nitrogens with zero attached hydrogens (tertiary/aromatic N) is 7. The molecule has 0 bridgehead atoms. The number of imidazole rings is 1. The van der Waals surface area contributed by atoms with Crippen LogP contribution >= 0.6 is 0 Å². The number of tetrazole rings is 1. The van der Waals surface area contributed by atoms with E-state index in [4.69, 9.17) is 4.98 Å². The van der Waals surface area contributed by atoms with E-state index >= 15 is 0 Å². The van der Waals surface area contributed by atoms with Crippen LogP contribution in [0.15, 0.2) is 42.6 Å². The van der Waals surface area contributed by atoms with Gasteiger partial charge in [0.15, 0.2) is 5.65 Å². The topological polar surface area (TPSA) is 90.1 Å². The second-order valence-electron chi connectivity index (χ2n) is 8.20. The molecule has 8 nitrogen and oxygen atoms in total. The summed E-state index contributed by atoms with van der Waals surface area (Å²) >= 11 is 0. The Hall–Kier alpha value is -3.81. The van der Waals surface area contributed by atoms with Gasteiger partial charge in [0.2, 0.25) is 5.82 Å². The van der Waals surface area contributed by atoms with Gasteiger partial charge in [-0.3, -0.25) is 0 Å². The van der Waals surface area contributed by atoms with E-state index in [-0.39, 0.29) is 0 Å². The molecule has 0 saturated heterocycles. The Morgan fingerprint density at radius 3 is 2.53 bits per heavy atom. The Morgan fingerprint density at radius 2 is 1.81 bits per heavy atom. The van der Waals surface area contributed by atoms with E-state index in [1.54, 1.807) is 0 Å². The minimum absolute atomic E-state index is 0.584. The minimum Gasteiger partial charge on any atom is -0.311 e. The van der Waals surface area contributed by atoms with Crippen molar-refractivity contribution >= 4 is 11.2 Å². The summed E-state index contributed by atoms with van der Waals surface area (Å²) in [5.74, 6) is 1.67. The monoisotopic (exact) mass is 426 g/mol. The third-order valence-electron chi connectivity index (χ3n) is 6.00. The summed E-state index contributed by atoms with van der Waals surface area (Å²) < 4.78 is 4.42. The number of H-pyrrole nitrogens is 1. The summed E-state index contributed by atoms with van der Waals surface area (Å²) in [6.07, 6.45) is 3.85. The molecule has 0 fully saturated rings. The maximum Gasteiger partial charge on any atom is 0.221 e. The Balaban J connectivity index is 1.52. The molecule has 8 heteroatoms. The van der Waals surface area contributed by atoms with E-state index in [9.17, 15) is 0 Å². The number of aromatic amines is 1. The SMILES string of the molecule is CCCc1nc2c(C)ccnc2n1Cc1ccc(-n2c(-c3nn[nH]n3)cc(C)c2C)cc1. The molecule has 5 aromatic rings. The summed E-state index contributed by atoms with van der Waals surface area (Å²) in [5, 5.41) is 14.6. The molecule has 0 aliphatic heterocycles. The van der Waals surface area contributed by atoms with E-state index in [0.717, 1.165) is 59.0 Å². The molecule has 0 saturated carbocycles. The number of pyridine rings is 1. The van der Waals surface area contributed by atoms with Gasteiger partial charge in [0.1, 0.15) is 11.3 Å². The van der Waals surface area contributed by atoms with Crippen molar-refractivity contribution in [3.63, 3.8) is 0 Å². The predicted octanol–water partition coefficient (Wildman–Crippen LogP) is 4.33. The van der Waals surface area contributed by atoms with E-state index in [0.29, 0.717) is 5.82 Å². The van der Waals surface area contributed by atoms with Gasteiger partial charge in [0, 0.05) is 24.0 Å². The van der Waals surface area contributed by atoms with Crippen LogP contribution in [0.25, 0.3) is 28.4 Å². The Morgan fingerprint density at radius 1 is 1.00 bits per heavy atom. The van der Waals surface area contributed by atoms with Gasteiger partial charge in [0.05, 0.1) is 12.2 Å². The highest BCUT2D eigenvalue weighted by Gasteiger charge is 2.17. The number of fused-ring (bicyclic) bond motifs is 1. The molecule has 0 radical (unpaired) electrons. The molecule has 0 atom stereocenters. The average molecular weight is 427 g/mol. The third-order valence-corrected chi connectivity index (χ3v) is 6.00. The molecule has 0 aliphatic carbocycles. The zero-order valence-electron chi connectivity index (χ0n) is 18.8. The summed E-state index contributed by atoms with van der Waals surface area (Å²) in [7, 11) is 0. The number of hydrogen-bond acceptors (Lipinski definition) is 5. The normalized spacial score (nSPS) is 11.5. The van der Waals surface area contributed by atoms with Gasteiger partial charge >= 0.3 is 0 Å². The quantitative estimate of drug-likeness (QED) is 0.436. The lowest BCUT2D eigenvalue weighted by atomic mass is 10.2. The fourth-order valence-corrected chi connectivity index (χ4v) is 4.20. The lowest BCUT2D eigenvalue weighted by Crippen LogP contribution is -2.06. The van der Waals surface area contributed by atoms with Gasteiger partial charge in [-0.25, -0.2) is 9.97 Å². The summed E-state index contributed by atoms with van der Waals surface area (Å²) in [6.45, 7) is 9.22. The molecule has 0 aliphatic rings. The van der Waals surface area contributed by atoms with Crippen molar-refractivity contribution in [1.29, 1.82) is 0 Å². The summed E-state index contributed by atoms with van der Waals surface area (Å²) in [5.41, 5.74) is 8.65. The number of aromatic nitrogens is 8. The van der Waals surface area contributed by atoms with Crippen LogP contribution in [0.2, 0.25) is 0 Å². The largest absolute Gasteiger partial charge is 0.311 e. The summed E-state index contributed by atoms with van der Waals surface area (Å²) in [6, 6.07) is 12.7. The third kappa shape index (κ3) is 3.37. The Labute approximate surface area is 186 Å². The molecule has 0 unspecified atom stereocenters. The minimum atomic E-state index is 0.584. The first-order valence-electron chi connectivity index (χ1n) is 10.9. The molecule has 4 aromatic heterocycles. The number of benzene rings is 1. The molecule has 1 aromatic carbocycles. The standard InChI is InChI=1S/C24H26N8/c1-5-6-21-26-22-15(2)11-12-25-24(22)31(21)14-18-7-9-19(10-8-18)32-17(4)16(3)13-20(32)23-27-29-30-28-23/h7-13H,5-6,14H2,1-4H3,(H,27,28,29,30). The second-order valence-corrected chi connectivity index (χ2v) is 8.20. The molecule has 1 N–H and O–H groups in total. The van der Waals surface area contributed by atoms with Gasteiger partial charge in [-0.15, -0.1) is 10.2 Å². The number of aryl methyl sites for hydroxylation is 3. The molecular weight excluding hydrogens is 400 g/mol. The van der Waals surface area contributed by atoms with Crippen LogP contribution in [-0.2, 0) is 13.0 Å². The van der Waals surface area contributed by atoms with Crippen LogP contribution in [0.1, 0.15) is 41.6 Å². The maximum absolute atomic E-state index is 4.89. The smallest absolute Gasteiger partial charge is 0.221 e. The number of nitrogens with one attached hydrogen (secondary N) is 1. The van der Waals surface area contributed by atoms with Crippen molar-refractivity contribution < 1.29 is 0 Å². The van der Waals surface area contributed by atoms with E-state index in [1.165, 1.54) is 11.1 Å². The fraction of sp³-hybridized carbons (Fsp3) is 0.292. The first kappa shape index (κ1) is 20.1. The van der Waals surface area contributed by atoms with Crippen LogP contribution in [0.4, 0.5) is 0 Å². The molecule has 0 spiro atoms. The Bertz CT molecular complexity index is 1370. The van der Waals surface area contributed by atoms with E-state index < -0.39 is 0 Å². The van der Waals surface area contributed by atoms with Crippen molar-refractivity contribution in [2.45, 2.75) is 47.1 Å². The van der Waals surface area contributed by atoms with Gasteiger partial charge < -0.3 is 9.13 Å².